The predicted octanol–water partition coefficient (Wildman–Crippen LogP) is 7.82. The van der Waals surface area contributed by atoms with Crippen LogP contribution in [0.1, 0.15) is 47.4 Å². The Bertz CT molecular complexity index is 2980. The zero-order valence-corrected chi connectivity index (χ0v) is 34.6. The van der Waals surface area contributed by atoms with Crippen LogP contribution in [0.25, 0.3) is 44.6 Å². The molecule has 8 rings (SSSR count). The fourth-order valence-corrected chi connectivity index (χ4v) is 6.05. The number of esters is 1. The molecule has 17 heteroatoms. The lowest BCUT2D eigenvalue weighted by Gasteiger charge is -2.14. The summed E-state index contributed by atoms with van der Waals surface area (Å²) in [7, 11) is 0. The number of primary amides is 2. The maximum absolute atomic E-state index is 12.0. The predicted molar refractivity (Wildman–Crippen MR) is 243 cm³/mol. The minimum Gasteiger partial charge on any atom is -0.508 e. The highest BCUT2D eigenvalue weighted by atomic mass is 16.5. The summed E-state index contributed by atoms with van der Waals surface area (Å²) in [6.07, 6.45) is 9.09. The third-order valence-corrected chi connectivity index (χ3v) is 8.99. The maximum atomic E-state index is 12.0. The lowest BCUT2D eigenvalue weighted by Crippen LogP contribution is -2.13. The van der Waals surface area contributed by atoms with Gasteiger partial charge < -0.3 is 31.9 Å². The average Bonchev–Trinajstić information content (AvgIpc) is 3.30. The number of amides is 2. The van der Waals surface area contributed by atoms with E-state index >= 15 is 0 Å². The summed E-state index contributed by atoms with van der Waals surface area (Å²) in [5, 5.41) is 17.5. The number of nitrogens with zero attached hydrogens (tertiary/aromatic N) is 7. The fourth-order valence-electron chi connectivity index (χ4n) is 6.05. The molecule has 0 aliphatic rings. The second-order valence-corrected chi connectivity index (χ2v) is 13.5. The van der Waals surface area contributed by atoms with E-state index in [9.17, 15) is 19.5 Å². The molecule has 0 fully saturated rings. The molecular weight excluding hydrogens is 815 g/mol. The number of nitrogens with one attached hydrogen (secondary N) is 2. The Morgan fingerprint density at radius 2 is 1.19 bits per heavy atom. The SMILES string of the molecule is CCCC(=O)Oc1ccc2nc(-c3cccnc3)nc(Nc3ccccc3C(N)=O)c2c1.CCN=C=O.NC(=O)c1ccccc1Nc1nc(-c2cccnc2)nc2ccc(O)cc12. The van der Waals surface area contributed by atoms with Crippen molar-refractivity contribution in [1.29, 1.82) is 0 Å². The molecule has 0 unspecified atom stereocenters. The number of nitrogens with two attached hydrogens (primary N) is 2. The summed E-state index contributed by atoms with van der Waals surface area (Å²) in [6.45, 7) is 4.24. The van der Waals surface area contributed by atoms with E-state index in [4.69, 9.17) is 21.0 Å². The molecule has 0 aliphatic heterocycles. The number of aromatic hydroxyl groups is 1. The first-order valence-electron chi connectivity index (χ1n) is 19.8. The molecule has 0 atom stereocenters. The van der Waals surface area contributed by atoms with Gasteiger partial charge >= 0.3 is 5.97 Å². The van der Waals surface area contributed by atoms with Crippen molar-refractivity contribution in [3.63, 3.8) is 0 Å². The number of carbonyl (C=O) groups excluding carboxylic acids is 4. The third-order valence-electron chi connectivity index (χ3n) is 8.99. The number of phenols is 1. The number of ether oxygens (including phenoxy) is 1. The molecule has 7 N–H and O–H groups in total. The van der Waals surface area contributed by atoms with Crippen LogP contribution in [0, 0.1) is 0 Å². The molecule has 0 aliphatic carbocycles. The monoisotopic (exact) mass is 855 g/mol. The van der Waals surface area contributed by atoms with Crippen molar-refractivity contribution in [2.75, 3.05) is 17.2 Å². The average molecular weight is 856 g/mol. The van der Waals surface area contributed by atoms with Gasteiger partial charge in [0.1, 0.15) is 23.1 Å². The third kappa shape index (κ3) is 11.4. The Morgan fingerprint density at radius 3 is 1.64 bits per heavy atom. The van der Waals surface area contributed by atoms with Crippen LogP contribution >= 0.6 is 0 Å². The van der Waals surface area contributed by atoms with E-state index in [2.05, 4.69) is 45.5 Å². The summed E-state index contributed by atoms with van der Waals surface area (Å²) in [6, 6.07) is 31.1. The van der Waals surface area contributed by atoms with Gasteiger partial charge in [0, 0.05) is 59.7 Å². The summed E-state index contributed by atoms with van der Waals surface area (Å²) in [5.41, 5.74) is 15.4. The van der Waals surface area contributed by atoms with Gasteiger partial charge in [-0.2, -0.15) is 0 Å². The number of anilines is 4. The van der Waals surface area contributed by atoms with Crippen molar-refractivity contribution >= 4 is 68.7 Å². The quantitative estimate of drug-likeness (QED) is 0.0340. The summed E-state index contributed by atoms with van der Waals surface area (Å²) < 4.78 is 5.44. The van der Waals surface area contributed by atoms with Crippen LogP contribution in [0.15, 0.2) is 139 Å². The first kappa shape index (κ1) is 44.6. The number of pyridine rings is 2. The maximum Gasteiger partial charge on any atom is 0.311 e. The Labute approximate surface area is 366 Å². The van der Waals surface area contributed by atoms with Crippen molar-refractivity contribution < 1.29 is 29.0 Å². The number of phenolic OH excluding ortho intramolecular Hbond substituents is 1. The molecular formula is C47H41N11O6. The number of aromatic nitrogens is 6. The molecule has 0 saturated carbocycles. The summed E-state index contributed by atoms with van der Waals surface area (Å²) in [4.78, 5) is 74.5. The fraction of sp³-hybridized carbons (Fsp3) is 0.106. The zero-order chi connectivity index (χ0) is 45.4. The van der Waals surface area contributed by atoms with E-state index in [-0.39, 0.29) is 11.7 Å². The first-order valence-corrected chi connectivity index (χ1v) is 19.8. The molecule has 8 aromatic rings. The largest absolute Gasteiger partial charge is 0.508 e. The topological polar surface area (TPSA) is 264 Å². The molecule has 0 radical (unpaired) electrons. The summed E-state index contributed by atoms with van der Waals surface area (Å²) >= 11 is 0. The van der Waals surface area contributed by atoms with Gasteiger partial charge in [-0.15, -0.1) is 0 Å². The van der Waals surface area contributed by atoms with E-state index < -0.39 is 11.8 Å². The second kappa shape index (κ2) is 21.5. The van der Waals surface area contributed by atoms with E-state index in [1.54, 1.807) is 129 Å². The van der Waals surface area contributed by atoms with E-state index in [1.165, 1.54) is 6.08 Å². The smallest absolute Gasteiger partial charge is 0.311 e. The lowest BCUT2D eigenvalue weighted by atomic mass is 10.1. The summed E-state index contributed by atoms with van der Waals surface area (Å²) in [5.74, 6) is 0.875. The Kier molecular flexibility index (Phi) is 15.0. The number of hydrogen-bond acceptors (Lipinski definition) is 15. The van der Waals surface area contributed by atoms with Gasteiger partial charge in [0.05, 0.1) is 33.5 Å². The van der Waals surface area contributed by atoms with Crippen LogP contribution in [0.5, 0.6) is 11.5 Å². The van der Waals surface area contributed by atoms with Crippen molar-refractivity contribution in [3.05, 3.63) is 145 Å². The number of isocyanates is 1. The minimum atomic E-state index is -0.562. The van der Waals surface area contributed by atoms with Gasteiger partial charge in [0.15, 0.2) is 11.6 Å². The van der Waals surface area contributed by atoms with Crippen LogP contribution in [0.3, 0.4) is 0 Å². The molecule has 64 heavy (non-hydrogen) atoms. The van der Waals surface area contributed by atoms with Gasteiger partial charge in [0.25, 0.3) is 11.8 Å². The normalized spacial score (nSPS) is 10.3. The highest BCUT2D eigenvalue weighted by Crippen LogP contribution is 2.33. The Morgan fingerprint density at radius 1 is 0.672 bits per heavy atom. The minimum absolute atomic E-state index is 0.0893. The first-order chi connectivity index (χ1) is 31.1. The van der Waals surface area contributed by atoms with Gasteiger partial charge in [-0.3, -0.25) is 24.4 Å². The zero-order valence-electron chi connectivity index (χ0n) is 34.6. The molecule has 17 nitrogen and oxygen atoms in total. The van der Waals surface area contributed by atoms with Crippen LogP contribution < -0.4 is 26.8 Å². The molecule has 320 valence electrons. The number of para-hydroxylation sites is 2. The van der Waals surface area contributed by atoms with Crippen LogP contribution in [0.4, 0.5) is 23.0 Å². The second-order valence-electron chi connectivity index (χ2n) is 13.5. The van der Waals surface area contributed by atoms with Gasteiger partial charge in [0.2, 0.25) is 6.08 Å². The molecule has 4 heterocycles. The number of carbonyl (C=O) groups is 3. The van der Waals surface area contributed by atoms with Crippen molar-refractivity contribution in [3.8, 4) is 34.3 Å². The number of benzene rings is 4. The highest BCUT2D eigenvalue weighted by molar-refractivity contribution is 6.02. The molecule has 0 spiro atoms. The van der Waals surface area contributed by atoms with E-state index in [1.807, 2.05) is 19.1 Å². The van der Waals surface area contributed by atoms with E-state index in [0.29, 0.717) is 92.7 Å². The van der Waals surface area contributed by atoms with E-state index in [0.717, 1.165) is 11.1 Å². The van der Waals surface area contributed by atoms with Crippen molar-refractivity contribution in [2.45, 2.75) is 26.7 Å². The number of aliphatic imine (C=N–C) groups is 1. The standard InChI is InChI=1S/C24H21N5O3.C20H15N5O2.C3H5NO/c1-2-6-21(30)32-16-10-11-20-18(13-16)24(28-19-9-4-3-8-17(19)22(25)31)29-23(27-20)15-7-5-12-26-14-15;21-18(27)14-5-1-2-6-16(14)24-20-15-10-13(26)7-8-17(15)23-19(25-20)12-4-3-9-22-11-12;1-2-4-3-5/h3-5,7-14H,2,6H2,1H3,(H2,25,31)(H,27,28,29);1-11,26H,(H2,21,27)(H,23,24,25);2H2,1H3. The Balaban J connectivity index is 0.000000194. The van der Waals surface area contributed by atoms with Gasteiger partial charge in [-0.05, 0) is 98.3 Å². The Hall–Kier alpha value is -8.95. The number of rotatable bonds is 12. The highest BCUT2D eigenvalue weighted by Gasteiger charge is 2.16. The number of fused-ring (bicyclic) bond motifs is 2. The molecule has 4 aromatic carbocycles. The molecule has 0 bridgehead atoms. The molecule has 4 aromatic heterocycles. The van der Waals surface area contributed by atoms with Crippen molar-refractivity contribution in [1.82, 2.24) is 29.9 Å². The van der Waals surface area contributed by atoms with Crippen molar-refractivity contribution in [2.24, 2.45) is 16.5 Å². The lowest BCUT2D eigenvalue weighted by molar-refractivity contribution is -0.134. The van der Waals surface area contributed by atoms with Crippen LogP contribution in [0.2, 0.25) is 0 Å². The van der Waals surface area contributed by atoms with Crippen LogP contribution in [-0.4, -0.2) is 65.4 Å². The van der Waals surface area contributed by atoms with Gasteiger partial charge in [-0.1, -0.05) is 31.2 Å². The van der Waals surface area contributed by atoms with Gasteiger partial charge in [-0.25, -0.2) is 29.7 Å². The molecule has 2 amide bonds. The van der Waals surface area contributed by atoms with Crippen LogP contribution in [-0.2, 0) is 9.59 Å². The molecule has 0 saturated heterocycles. The number of hydrogen-bond donors (Lipinski definition) is 5.